The van der Waals surface area contributed by atoms with E-state index >= 15 is 0 Å². The molecule has 1 aromatic heterocycles. The van der Waals surface area contributed by atoms with Crippen molar-refractivity contribution >= 4 is 5.91 Å². The number of hydrogen-bond donors (Lipinski definition) is 1. The van der Waals surface area contributed by atoms with Gasteiger partial charge >= 0.3 is 0 Å². The predicted octanol–water partition coefficient (Wildman–Crippen LogP) is 2.03. The van der Waals surface area contributed by atoms with E-state index in [4.69, 9.17) is 4.74 Å². The van der Waals surface area contributed by atoms with Gasteiger partial charge in [-0.2, -0.15) is 5.10 Å². The van der Waals surface area contributed by atoms with Gasteiger partial charge in [0, 0.05) is 50.1 Å². The predicted molar refractivity (Wildman–Crippen MR) is 97.4 cm³/mol. The lowest BCUT2D eigenvalue weighted by Crippen LogP contribution is -2.48. The summed E-state index contributed by atoms with van der Waals surface area (Å²) in [7, 11) is 0. The molecule has 2 aliphatic rings. The van der Waals surface area contributed by atoms with Crippen LogP contribution in [0.25, 0.3) is 0 Å². The molecule has 0 aromatic carbocycles. The Kier molecular flexibility index (Phi) is 6.12. The zero-order valence-electron chi connectivity index (χ0n) is 15.9. The highest BCUT2D eigenvalue weighted by Gasteiger charge is 2.30. The highest BCUT2D eigenvalue weighted by molar-refractivity contribution is 5.79. The first-order chi connectivity index (χ1) is 12.1. The molecule has 3 rings (SSSR count). The van der Waals surface area contributed by atoms with Crippen LogP contribution in [0.15, 0.2) is 0 Å². The Balaban J connectivity index is 1.55. The van der Waals surface area contributed by atoms with Gasteiger partial charge in [-0.25, -0.2) is 0 Å². The standard InChI is InChI=1S/C19H32N4O2/c1-4-23-15(3)18(14(2)21-23)12-20-19(24)16-6-5-9-22(13-16)17-7-10-25-11-8-17/h16-17H,4-13H2,1-3H3,(H,20,24)/t16-/m0/s1. The molecule has 0 bridgehead atoms. The van der Waals surface area contributed by atoms with E-state index in [9.17, 15) is 4.79 Å². The van der Waals surface area contributed by atoms with Gasteiger partial charge in [0.1, 0.15) is 0 Å². The Morgan fingerprint density at radius 1 is 1.28 bits per heavy atom. The van der Waals surface area contributed by atoms with Crippen LogP contribution >= 0.6 is 0 Å². The maximum atomic E-state index is 12.7. The van der Waals surface area contributed by atoms with Gasteiger partial charge in [-0.1, -0.05) is 0 Å². The third-order valence-corrected chi connectivity index (χ3v) is 5.80. The van der Waals surface area contributed by atoms with Crippen molar-refractivity contribution in [2.45, 2.75) is 65.6 Å². The number of carbonyl (C=O) groups excluding carboxylic acids is 1. The summed E-state index contributed by atoms with van der Waals surface area (Å²) in [6, 6.07) is 0.594. The first kappa shape index (κ1) is 18.4. The van der Waals surface area contributed by atoms with Crippen molar-refractivity contribution in [2.24, 2.45) is 5.92 Å². The van der Waals surface area contributed by atoms with Crippen LogP contribution in [0.4, 0.5) is 0 Å². The number of nitrogens with one attached hydrogen (secondary N) is 1. The Morgan fingerprint density at radius 3 is 2.72 bits per heavy atom. The highest BCUT2D eigenvalue weighted by Crippen LogP contribution is 2.23. The van der Waals surface area contributed by atoms with Gasteiger partial charge in [-0.15, -0.1) is 0 Å². The molecule has 1 amide bonds. The number of likely N-dealkylation sites (tertiary alicyclic amines) is 1. The minimum absolute atomic E-state index is 0.110. The number of aromatic nitrogens is 2. The zero-order valence-corrected chi connectivity index (χ0v) is 15.9. The lowest BCUT2D eigenvalue weighted by molar-refractivity contribution is -0.127. The fourth-order valence-corrected chi connectivity index (χ4v) is 4.22. The van der Waals surface area contributed by atoms with E-state index in [1.54, 1.807) is 0 Å². The molecule has 2 saturated heterocycles. The fourth-order valence-electron chi connectivity index (χ4n) is 4.22. The number of aryl methyl sites for hydroxylation is 2. The van der Waals surface area contributed by atoms with E-state index in [-0.39, 0.29) is 11.8 Å². The summed E-state index contributed by atoms with van der Waals surface area (Å²) in [5.74, 6) is 0.304. The van der Waals surface area contributed by atoms with Crippen LogP contribution in [-0.4, -0.2) is 52.9 Å². The Bertz CT molecular complexity index is 592. The second-order valence-electron chi connectivity index (χ2n) is 7.36. The number of hydrogen-bond acceptors (Lipinski definition) is 4. The van der Waals surface area contributed by atoms with E-state index in [2.05, 4.69) is 29.2 Å². The van der Waals surface area contributed by atoms with Crippen LogP contribution in [-0.2, 0) is 22.6 Å². The lowest BCUT2D eigenvalue weighted by atomic mass is 9.94. The molecule has 25 heavy (non-hydrogen) atoms. The van der Waals surface area contributed by atoms with Gasteiger partial charge in [0.25, 0.3) is 0 Å². The summed E-state index contributed by atoms with van der Waals surface area (Å²) in [6.07, 6.45) is 4.31. The van der Waals surface area contributed by atoms with E-state index in [0.29, 0.717) is 12.6 Å². The third-order valence-electron chi connectivity index (χ3n) is 5.80. The van der Waals surface area contributed by atoms with Crippen molar-refractivity contribution in [1.29, 1.82) is 0 Å². The first-order valence-electron chi connectivity index (χ1n) is 9.72. The summed E-state index contributed by atoms with van der Waals surface area (Å²) in [6.45, 7) is 11.4. The molecule has 1 atom stereocenters. The summed E-state index contributed by atoms with van der Waals surface area (Å²) in [4.78, 5) is 15.2. The molecule has 6 heteroatoms. The van der Waals surface area contributed by atoms with E-state index in [1.165, 1.54) is 0 Å². The minimum Gasteiger partial charge on any atom is -0.381 e. The van der Waals surface area contributed by atoms with Crippen LogP contribution in [0.2, 0.25) is 0 Å². The van der Waals surface area contributed by atoms with Gasteiger partial charge < -0.3 is 10.1 Å². The number of piperidine rings is 1. The smallest absolute Gasteiger partial charge is 0.224 e. The molecule has 0 unspecified atom stereocenters. The van der Waals surface area contributed by atoms with Gasteiger partial charge in [-0.3, -0.25) is 14.4 Å². The summed E-state index contributed by atoms with van der Waals surface area (Å²) in [5.41, 5.74) is 3.34. The second-order valence-corrected chi connectivity index (χ2v) is 7.36. The molecule has 0 aliphatic carbocycles. The molecule has 0 saturated carbocycles. The van der Waals surface area contributed by atoms with Crippen molar-refractivity contribution in [2.75, 3.05) is 26.3 Å². The van der Waals surface area contributed by atoms with Crippen molar-refractivity contribution in [3.8, 4) is 0 Å². The maximum absolute atomic E-state index is 12.7. The van der Waals surface area contributed by atoms with E-state index in [0.717, 1.165) is 75.5 Å². The minimum atomic E-state index is 0.110. The monoisotopic (exact) mass is 348 g/mol. The number of nitrogens with zero attached hydrogens (tertiary/aromatic N) is 3. The van der Waals surface area contributed by atoms with Crippen molar-refractivity contribution in [1.82, 2.24) is 20.0 Å². The first-order valence-corrected chi connectivity index (χ1v) is 9.72. The average Bonchev–Trinajstić information content (AvgIpc) is 2.93. The fraction of sp³-hybridized carbons (Fsp3) is 0.789. The third kappa shape index (κ3) is 4.23. The number of ether oxygens (including phenoxy) is 1. The van der Waals surface area contributed by atoms with Gasteiger partial charge in [-0.05, 0) is 53.0 Å². The quantitative estimate of drug-likeness (QED) is 0.884. The molecular weight excluding hydrogens is 316 g/mol. The van der Waals surface area contributed by atoms with Gasteiger partial charge in [0.05, 0.1) is 11.6 Å². The summed E-state index contributed by atoms with van der Waals surface area (Å²) in [5, 5.41) is 7.71. The Labute approximate surface area is 150 Å². The molecule has 140 valence electrons. The topological polar surface area (TPSA) is 59.4 Å². The van der Waals surface area contributed by atoms with Crippen LogP contribution in [0.5, 0.6) is 0 Å². The molecule has 2 aliphatic heterocycles. The van der Waals surface area contributed by atoms with E-state index in [1.807, 2.05) is 11.6 Å². The van der Waals surface area contributed by atoms with Crippen LogP contribution < -0.4 is 5.32 Å². The second kappa shape index (κ2) is 8.32. The van der Waals surface area contributed by atoms with E-state index < -0.39 is 0 Å². The number of amides is 1. The number of carbonyl (C=O) groups is 1. The van der Waals surface area contributed by atoms with Crippen molar-refractivity contribution < 1.29 is 9.53 Å². The summed E-state index contributed by atoms with van der Waals surface area (Å²) >= 11 is 0. The molecule has 1 N–H and O–H groups in total. The largest absolute Gasteiger partial charge is 0.381 e. The molecule has 1 aromatic rings. The number of rotatable bonds is 5. The SMILES string of the molecule is CCn1nc(C)c(CNC(=O)[C@H]2CCCN(C3CCOCC3)C2)c1C. The van der Waals surface area contributed by atoms with Gasteiger partial charge in [0.15, 0.2) is 0 Å². The Hall–Kier alpha value is -1.40. The Morgan fingerprint density at radius 2 is 2.04 bits per heavy atom. The van der Waals surface area contributed by atoms with Crippen LogP contribution in [0, 0.1) is 19.8 Å². The van der Waals surface area contributed by atoms with Gasteiger partial charge in [0.2, 0.25) is 5.91 Å². The molecular formula is C19H32N4O2. The summed E-state index contributed by atoms with van der Waals surface area (Å²) < 4.78 is 7.48. The van der Waals surface area contributed by atoms with Crippen molar-refractivity contribution in [3.05, 3.63) is 17.0 Å². The highest BCUT2D eigenvalue weighted by atomic mass is 16.5. The molecule has 0 radical (unpaired) electrons. The maximum Gasteiger partial charge on any atom is 0.224 e. The normalized spacial score (nSPS) is 22.9. The molecule has 2 fully saturated rings. The molecule has 6 nitrogen and oxygen atoms in total. The average molecular weight is 348 g/mol. The van der Waals surface area contributed by atoms with Crippen molar-refractivity contribution in [3.63, 3.8) is 0 Å². The van der Waals surface area contributed by atoms with Crippen LogP contribution in [0.1, 0.15) is 49.6 Å². The lowest BCUT2D eigenvalue weighted by Gasteiger charge is -2.39. The zero-order chi connectivity index (χ0) is 17.8. The molecule has 3 heterocycles. The molecule has 0 spiro atoms. The van der Waals surface area contributed by atoms with Crippen LogP contribution in [0.3, 0.4) is 0 Å².